The molecule has 5 nitrogen and oxygen atoms in total. The van der Waals surface area contributed by atoms with Gasteiger partial charge in [0.2, 0.25) is 0 Å². The Morgan fingerprint density at radius 1 is 1.15 bits per heavy atom. The molecule has 26 heavy (non-hydrogen) atoms. The van der Waals surface area contributed by atoms with E-state index in [1.807, 2.05) is 47.4 Å². The third kappa shape index (κ3) is 3.37. The Kier molecular flexibility index (Phi) is 5.69. The van der Waals surface area contributed by atoms with Crippen molar-refractivity contribution in [2.75, 3.05) is 20.8 Å². The number of benzene rings is 2. The number of hydrogen-bond acceptors (Lipinski definition) is 4. The van der Waals surface area contributed by atoms with Crippen LogP contribution < -0.4 is 9.47 Å². The summed E-state index contributed by atoms with van der Waals surface area (Å²) in [5.74, 6) is 0.380. The van der Waals surface area contributed by atoms with Gasteiger partial charge in [-0.1, -0.05) is 41.9 Å². The molecule has 0 aromatic heterocycles. The van der Waals surface area contributed by atoms with Crippen molar-refractivity contribution in [3.05, 3.63) is 58.6 Å². The number of aliphatic carboxylic acids is 1. The summed E-state index contributed by atoms with van der Waals surface area (Å²) < 4.78 is 11.1. The van der Waals surface area contributed by atoms with Gasteiger partial charge in [-0.15, -0.1) is 0 Å². The van der Waals surface area contributed by atoms with E-state index >= 15 is 0 Å². The van der Waals surface area contributed by atoms with E-state index in [9.17, 15) is 9.90 Å². The summed E-state index contributed by atoms with van der Waals surface area (Å²) in [6, 6.07) is 12.3. The van der Waals surface area contributed by atoms with Crippen molar-refractivity contribution in [1.29, 1.82) is 0 Å². The predicted molar refractivity (Wildman–Crippen MR) is 100 cm³/mol. The lowest BCUT2D eigenvalue weighted by molar-refractivity contribution is -0.142. The zero-order chi connectivity index (χ0) is 18.7. The largest absolute Gasteiger partial charge is 0.493 e. The maximum atomic E-state index is 11.8. The maximum absolute atomic E-state index is 11.8. The van der Waals surface area contributed by atoms with Gasteiger partial charge < -0.3 is 14.6 Å². The molecule has 1 saturated heterocycles. The highest BCUT2D eigenvalue weighted by atomic mass is 35.5. The van der Waals surface area contributed by atoms with E-state index in [4.69, 9.17) is 21.1 Å². The first kappa shape index (κ1) is 18.5. The van der Waals surface area contributed by atoms with Crippen molar-refractivity contribution in [2.24, 2.45) is 0 Å². The number of hydrogen-bond donors (Lipinski definition) is 1. The van der Waals surface area contributed by atoms with Crippen LogP contribution in [-0.2, 0) is 4.79 Å². The van der Waals surface area contributed by atoms with Crippen LogP contribution in [0.1, 0.15) is 30.0 Å². The van der Waals surface area contributed by atoms with Crippen molar-refractivity contribution in [3.63, 3.8) is 0 Å². The highest BCUT2D eigenvalue weighted by molar-refractivity contribution is 6.31. The molecule has 2 aromatic carbocycles. The number of carboxylic acid groups (broad SMARTS) is 1. The van der Waals surface area contributed by atoms with Crippen molar-refractivity contribution in [2.45, 2.75) is 24.9 Å². The molecule has 2 atom stereocenters. The number of methoxy groups -OCH3 is 2. The van der Waals surface area contributed by atoms with Crippen LogP contribution in [-0.4, -0.2) is 42.8 Å². The quantitative estimate of drug-likeness (QED) is 0.827. The Labute approximate surface area is 158 Å². The van der Waals surface area contributed by atoms with E-state index in [1.165, 1.54) is 0 Å². The standard InChI is InChI=1S/C20H22ClNO4/c1-25-17-11-5-8-14(19(17)26-2)18(13-7-3-4-9-15(13)21)22-12-6-10-16(22)20(23)24/h3-5,7-9,11,16,18H,6,10,12H2,1-2H3,(H,23,24). The van der Waals surface area contributed by atoms with Crippen LogP contribution in [0.2, 0.25) is 5.02 Å². The summed E-state index contributed by atoms with van der Waals surface area (Å²) in [4.78, 5) is 13.8. The van der Waals surface area contributed by atoms with E-state index < -0.39 is 12.0 Å². The minimum absolute atomic E-state index is 0.336. The molecule has 1 heterocycles. The predicted octanol–water partition coefficient (Wildman–Crippen LogP) is 4.00. The molecular formula is C20H22ClNO4. The second-order valence-corrected chi connectivity index (χ2v) is 6.65. The number of carboxylic acids is 1. The SMILES string of the molecule is COc1cccc(C(c2ccccc2Cl)N2CCCC2C(=O)O)c1OC. The molecule has 1 N–H and O–H groups in total. The molecule has 0 amide bonds. The lowest BCUT2D eigenvalue weighted by Crippen LogP contribution is -2.39. The first-order chi connectivity index (χ1) is 12.6. The van der Waals surface area contributed by atoms with E-state index in [-0.39, 0.29) is 6.04 Å². The lowest BCUT2D eigenvalue weighted by Gasteiger charge is -2.33. The van der Waals surface area contributed by atoms with Crippen molar-refractivity contribution in [3.8, 4) is 11.5 Å². The second-order valence-electron chi connectivity index (χ2n) is 6.24. The van der Waals surface area contributed by atoms with E-state index in [2.05, 4.69) is 0 Å². The molecular weight excluding hydrogens is 354 g/mol. The second kappa shape index (κ2) is 7.98. The van der Waals surface area contributed by atoms with E-state index in [0.717, 1.165) is 17.5 Å². The fourth-order valence-corrected chi connectivity index (χ4v) is 3.95. The number of nitrogens with zero attached hydrogens (tertiary/aromatic N) is 1. The number of para-hydroxylation sites is 1. The third-order valence-electron chi connectivity index (χ3n) is 4.84. The van der Waals surface area contributed by atoms with Gasteiger partial charge in [0.05, 0.1) is 20.3 Å². The summed E-state index contributed by atoms with van der Waals surface area (Å²) in [5.41, 5.74) is 1.70. The Bertz CT molecular complexity index is 795. The smallest absolute Gasteiger partial charge is 0.320 e. The van der Waals surface area contributed by atoms with Gasteiger partial charge >= 0.3 is 5.97 Å². The monoisotopic (exact) mass is 375 g/mol. The van der Waals surface area contributed by atoms with Crippen LogP contribution in [0.4, 0.5) is 0 Å². The minimum Gasteiger partial charge on any atom is -0.493 e. The normalized spacial score (nSPS) is 18.5. The molecule has 1 aliphatic rings. The molecule has 1 fully saturated rings. The lowest BCUT2D eigenvalue weighted by atomic mass is 9.95. The van der Waals surface area contributed by atoms with Crippen LogP contribution in [0.15, 0.2) is 42.5 Å². The topological polar surface area (TPSA) is 59.0 Å². The highest BCUT2D eigenvalue weighted by Crippen LogP contribution is 2.44. The summed E-state index contributed by atoms with van der Waals surface area (Å²) in [7, 11) is 3.17. The van der Waals surface area contributed by atoms with Crippen LogP contribution in [0.3, 0.4) is 0 Å². The Morgan fingerprint density at radius 3 is 2.54 bits per heavy atom. The molecule has 6 heteroatoms. The van der Waals surface area contributed by atoms with Crippen LogP contribution in [0, 0.1) is 0 Å². The Hall–Kier alpha value is -2.24. The molecule has 0 saturated carbocycles. The fourth-order valence-electron chi connectivity index (χ4n) is 3.71. The van der Waals surface area contributed by atoms with Gasteiger partial charge in [0.15, 0.2) is 11.5 Å². The van der Waals surface area contributed by atoms with E-state index in [0.29, 0.717) is 29.5 Å². The zero-order valence-electron chi connectivity index (χ0n) is 14.8. The summed E-state index contributed by atoms with van der Waals surface area (Å²) in [6.45, 7) is 0.674. The van der Waals surface area contributed by atoms with Gasteiger partial charge in [-0.2, -0.15) is 0 Å². The summed E-state index contributed by atoms with van der Waals surface area (Å²) in [5, 5.41) is 10.3. The molecule has 0 radical (unpaired) electrons. The molecule has 0 bridgehead atoms. The van der Waals surface area contributed by atoms with Crippen molar-refractivity contribution in [1.82, 2.24) is 4.90 Å². The average Bonchev–Trinajstić information content (AvgIpc) is 3.13. The fraction of sp³-hybridized carbons (Fsp3) is 0.350. The molecule has 0 aliphatic carbocycles. The number of carbonyl (C=O) groups is 1. The maximum Gasteiger partial charge on any atom is 0.320 e. The average molecular weight is 376 g/mol. The third-order valence-corrected chi connectivity index (χ3v) is 5.18. The number of likely N-dealkylation sites (tertiary alicyclic amines) is 1. The van der Waals surface area contributed by atoms with Gasteiger partial charge in [-0.3, -0.25) is 9.69 Å². The molecule has 138 valence electrons. The van der Waals surface area contributed by atoms with Crippen LogP contribution >= 0.6 is 11.6 Å². The van der Waals surface area contributed by atoms with Crippen LogP contribution in [0.5, 0.6) is 11.5 Å². The Balaban J connectivity index is 2.20. The first-order valence-corrected chi connectivity index (χ1v) is 8.90. The van der Waals surface area contributed by atoms with Crippen molar-refractivity contribution >= 4 is 17.6 Å². The van der Waals surface area contributed by atoms with Gasteiger partial charge in [0.1, 0.15) is 6.04 Å². The van der Waals surface area contributed by atoms with Gasteiger partial charge in [-0.25, -0.2) is 0 Å². The molecule has 2 aromatic rings. The number of rotatable bonds is 6. The van der Waals surface area contributed by atoms with Gasteiger partial charge in [0, 0.05) is 17.1 Å². The number of halogens is 1. The van der Waals surface area contributed by atoms with Gasteiger partial charge in [-0.05, 0) is 30.5 Å². The molecule has 3 rings (SSSR count). The summed E-state index contributed by atoms with van der Waals surface area (Å²) in [6.07, 6.45) is 1.44. The molecule has 0 spiro atoms. The highest BCUT2D eigenvalue weighted by Gasteiger charge is 2.39. The van der Waals surface area contributed by atoms with Crippen LogP contribution in [0.25, 0.3) is 0 Å². The zero-order valence-corrected chi connectivity index (χ0v) is 15.6. The van der Waals surface area contributed by atoms with Gasteiger partial charge in [0.25, 0.3) is 0 Å². The van der Waals surface area contributed by atoms with E-state index in [1.54, 1.807) is 14.2 Å². The molecule has 1 aliphatic heterocycles. The Morgan fingerprint density at radius 2 is 1.88 bits per heavy atom. The van der Waals surface area contributed by atoms with Crippen molar-refractivity contribution < 1.29 is 19.4 Å². The summed E-state index contributed by atoms with van der Waals surface area (Å²) >= 11 is 6.50. The minimum atomic E-state index is -0.818. The number of ether oxygens (including phenoxy) is 2. The first-order valence-electron chi connectivity index (χ1n) is 8.52. The molecule has 2 unspecified atom stereocenters.